The van der Waals surface area contributed by atoms with Crippen LogP contribution in [0.3, 0.4) is 0 Å². The lowest BCUT2D eigenvalue weighted by molar-refractivity contribution is -0.148. The van der Waals surface area contributed by atoms with E-state index in [1.807, 2.05) is 25.8 Å². The van der Waals surface area contributed by atoms with Crippen molar-refractivity contribution < 1.29 is 14.3 Å². The molecule has 1 aliphatic rings. The highest BCUT2D eigenvalue weighted by Gasteiger charge is 2.34. The number of nitrogens with zero attached hydrogens (tertiary/aromatic N) is 5. The van der Waals surface area contributed by atoms with Crippen molar-refractivity contribution in [1.29, 1.82) is 0 Å². The van der Waals surface area contributed by atoms with Crippen molar-refractivity contribution in [3.05, 3.63) is 5.69 Å². The van der Waals surface area contributed by atoms with E-state index in [-0.39, 0.29) is 18.5 Å². The van der Waals surface area contributed by atoms with Gasteiger partial charge in [0.05, 0.1) is 17.5 Å². The van der Waals surface area contributed by atoms with Gasteiger partial charge in [-0.2, -0.15) is 5.10 Å². The molecular weight excluding hydrogens is 318 g/mol. The summed E-state index contributed by atoms with van der Waals surface area (Å²) in [4.78, 5) is 32.0. The molecule has 0 aromatic carbocycles. The Bertz CT molecular complexity index is 733. The number of rotatable bonds is 3. The van der Waals surface area contributed by atoms with Gasteiger partial charge in [-0.05, 0) is 13.8 Å². The van der Waals surface area contributed by atoms with Gasteiger partial charge in [0.1, 0.15) is 12.6 Å². The lowest BCUT2D eigenvalue weighted by atomic mass is 10.2. The highest BCUT2D eigenvalue weighted by molar-refractivity contribution is 7.22. The van der Waals surface area contributed by atoms with Gasteiger partial charge in [-0.1, -0.05) is 11.3 Å². The van der Waals surface area contributed by atoms with Crippen molar-refractivity contribution in [2.24, 2.45) is 7.05 Å². The smallest absolute Gasteiger partial charge is 0.325 e. The minimum atomic E-state index is -0.402. The van der Waals surface area contributed by atoms with Crippen LogP contribution in [0.2, 0.25) is 0 Å². The largest absolute Gasteiger partial charge is 0.468 e. The molecule has 1 aliphatic heterocycles. The van der Waals surface area contributed by atoms with Gasteiger partial charge in [0, 0.05) is 20.1 Å². The van der Waals surface area contributed by atoms with Gasteiger partial charge in [-0.3, -0.25) is 9.59 Å². The number of aryl methyl sites for hydroxylation is 2. The predicted molar refractivity (Wildman–Crippen MR) is 86.5 cm³/mol. The van der Waals surface area contributed by atoms with Crippen molar-refractivity contribution in [3.63, 3.8) is 0 Å². The van der Waals surface area contributed by atoms with E-state index in [0.29, 0.717) is 13.1 Å². The number of aromatic nitrogens is 3. The van der Waals surface area contributed by atoms with E-state index >= 15 is 0 Å². The van der Waals surface area contributed by atoms with Crippen molar-refractivity contribution in [2.45, 2.75) is 19.9 Å². The molecule has 0 radical (unpaired) electrons. The van der Waals surface area contributed by atoms with Crippen LogP contribution in [0, 0.1) is 6.92 Å². The maximum Gasteiger partial charge on any atom is 0.325 e. The van der Waals surface area contributed by atoms with Crippen LogP contribution in [0.15, 0.2) is 0 Å². The molecule has 124 valence electrons. The van der Waals surface area contributed by atoms with Crippen molar-refractivity contribution in [3.8, 4) is 0 Å². The number of esters is 1. The van der Waals surface area contributed by atoms with Crippen LogP contribution in [-0.2, 0) is 21.4 Å². The highest BCUT2D eigenvalue weighted by Crippen LogP contribution is 2.32. The summed E-state index contributed by atoms with van der Waals surface area (Å²) < 4.78 is 7.43. The Morgan fingerprint density at radius 1 is 1.43 bits per heavy atom. The molecule has 1 fully saturated rings. The number of anilines is 1. The summed E-state index contributed by atoms with van der Waals surface area (Å²) in [7, 11) is 3.19. The fourth-order valence-electron chi connectivity index (χ4n) is 2.77. The van der Waals surface area contributed by atoms with Gasteiger partial charge in [-0.15, -0.1) is 0 Å². The molecule has 0 spiro atoms. The monoisotopic (exact) mass is 337 g/mol. The van der Waals surface area contributed by atoms with Gasteiger partial charge in [0.15, 0.2) is 10.8 Å². The Labute approximate surface area is 137 Å². The number of fused-ring (bicyclic) bond motifs is 1. The summed E-state index contributed by atoms with van der Waals surface area (Å²) in [5.74, 6) is -0.489. The fourth-order valence-corrected chi connectivity index (χ4v) is 3.90. The molecule has 2 aromatic rings. The lowest BCUT2D eigenvalue weighted by Crippen LogP contribution is -2.57. The fraction of sp³-hybridized carbons (Fsp3) is 0.571. The molecule has 1 amide bonds. The minimum absolute atomic E-state index is 0.00359. The van der Waals surface area contributed by atoms with E-state index in [9.17, 15) is 9.59 Å². The summed E-state index contributed by atoms with van der Waals surface area (Å²) in [6.07, 6.45) is 0. The van der Waals surface area contributed by atoms with E-state index < -0.39 is 5.97 Å². The molecule has 3 rings (SSSR count). The lowest BCUT2D eigenvalue weighted by Gasteiger charge is -2.38. The van der Waals surface area contributed by atoms with E-state index in [1.165, 1.54) is 12.0 Å². The Balaban J connectivity index is 1.82. The van der Waals surface area contributed by atoms with Crippen molar-refractivity contribution in [2.75, 3.05) is 31.6 Å². The average Bonchev–Trinajstić information content (AvgIpc) is 3.06. The third-order valence-electron chi connectivity index (χ3n) is 4.07. The second-order valence-electron chi connectivity index (χ2n) is 5.56. The summed E-state index contributed by atoms with van der Waals surface area (Å²) in [5.41, 5.74) is 1.77. The number of methoxy groups -OCH3 is 1. The summed E-state index contributed by atoms with van der Waals surface area (Å²) >= 11 is 1.55. The number of carbonyl (C=O) groups is 2. The first-order chi connectivity index (χ1) is 10.9. The maximum atomic E-state index is 12.5. The number of amides is 1. The first-order valence-electron chi connectivity index (χ1n) is 7.34. The second kappa shape index (κ2) is 5.80. The minimum Gasteiger partial charge on any atom is -0.468 e. The van der Waals surface area contributed by atoms with E-state index in [2.05, 4.69) is 14.8 Å². The first-order valence-corrected chi connectivity index (χ1v) is 8.16. The quantitative estimate of drug-likeness (QED) is 0.761. The molecule has 1 saturated heterocycles. The van der Waals surface area contributed by atoms with Crippen LogP contribution in [0.4, 0.5) is 5.13 Å². The van der Waals surface area contributed by atoms with Crippen LogP contribution in [-0.4, -0.2) is 64.3 Å². The summed E-state index contributed by atoms with van der Waals surface area (Å²) in [6.45, 7) is 4.90. The van der Waals surface area contributed by atoms with Crippen LogP contribution < -0.4 is 4.90 Å². The molecular formula is C14H19N5O3S. The Kier molecular flexibility index (Phi) is 3.97. The molecule has 23 heavy (non-hydrogen) atoms. The zero-order chi connectivity index (χ0) is 16.7. The second-order valence-corrected chi connectivity index (χ2v) is 6.54. The number of hydrogen-bond acceptors (Lipinski definition) is 7. The van der Waals surface area contributed by atoms with Gasteiger partial charge >= 0.3 is 5.97 Å². The molecule has 1 atom stereocenters. The van der Waals surface area contributed by atoms with Gasteiger partial charge in [0.2, 0.25) is 5.91 Å². The molecule has 0 bridgehead atoms. The normalized spacial score (nSPS) is 18.8. The number of carbonyl (C=O) groups excluding carboxylic acids is 2. The molecule has 2 aromatic heterocycles. The summed E-state index contributed by atoms with van der Waals surface area (Å²) in [6, 6.07) is -0.359. The number of hydrogen-bond donors (Lipinski definition) is 0. The zero-order valence-corrected chi connectivity index (χ0v) is 14.4. The molecule has 0 unspecified atom stereocenters. The SMILES string of the molecule is COC(=O)CN1CCN(c2nc3c(s2)c(C)nn3C)[C@@H](C)C1=O. The summed E-state index contributed by atoms with van der Waals surface area (Å²) in [5, 5.41) is 5.16. The molecule has 0 saturated carbocycles. The topological polar surface area (TPSA) is 80.6 Å². The first kappa shape index (κ1) is 15.7. The molecule has 3 heterocycles. The molecule has 9 heteroatoms. The third kappa shape index (κ3) is 2.65. The molecule has 0 N–H and O–H groups in total. The van der Waals surface area contributed by atoms with Crippen molar-refractivity contribution in [1.82, 2.24) is 19.7 Å². The third-order valence-corrected chi connectivity index (χ3v) is 5.26. The average molecular weight is 337 g/mol. The number of ether oxygens (including phenoxy) is 1. The molecule has 8 nitrogen and oxygen atoms in total. The van der Waals surface area contributed by atoms with E-state index in [4.69, 9.17) is 0 Å². The standard InChI is InChI=1S/C14H19N5O3S/c1-8-11-12(17(3)16-8)15-14(23-11)19-6-5-18(7-10(20)22-4)13(21)9(19)2/h9H,5-7H2,1-4H3/t9-/m0/s1. The van der Waals surface area contributed by atoms with Crippen LogP contribution in [0.1, 0.15) is 12.6 Å². The van der Waals surface area contributed by atoms with E-state index in [1.54, 1.807) is 16.0 Å². The number of piperazine rings is 1. The predicted octanol–water partition coefficient (Wildman–Crippen LogP) is 0.548. The Hall–Kier alpha value is -2.16. The van der Waals surface area contributed by atoms with Gasteiger partial charge in [-0.25, -0.2) is 9.67 Å². The van der Waals surface area contributed by atoms with Gasteiger partial charge < -0.3 is 14.5 Å². The number of thiazole rings is 1. The Morgan fingerprint density at radius 2 is 2.17 bits per heavy atom. The maximum absolute atomic E-state index is 12.5. The Morgan fingerprint density at radius 3 is 2.83 bits per heavy atom. The van der Waals surface area contributed by atoms with Crippen molar-refractivity contribution >= 4 is 38.7 Å². The van der Waals surface area contributed by atoms with E-state index in [0.717, 1.165) is 21.2 Å². The van der Waals surface area contributed by atoms with Gasteiger partial charge in [0.25, 0.3) is 0 Å². The zero-order valence-electron chi connectivity index (χ0n) is 13.6. The molecule has 0 aliphatic carbocycles. The van der Waals surface area contributed by atoms with Crippen LogP contribution >= 0.6 is 11.3 Å². The highest BCUT2D eigenvalue weighted by atomic mass is 32.1. The van der Waals surface area contributed by atoms with Crippen LogP contribution in [0.5, 0.6) is 0 Å². The van der Waals surface area contributed by atoms with Crippen LogP contribution in [0.25, 0.3) is 10.3 Å².